The SMILES string of the molecule is [2H]C=C(CC)CC/C(CC)=N\NS(=O)(=O)c1ccc(C)cc1. The smallest absolute Gasteiger partial charge is 0.200 e. The third kappa shape index (κ3) is 5.71. The average Bonchev–Trinajstić information content (AvgIpc) is 2.51. The highest BCUT2D eigenvalue weighted by atomic mass is 32.2. The van der Waals surface area contributed by atoms with E-state index in [2.05, 4.69) is 9.93 Å². The van der Waals surface area contributed by atoms with E-state index in [4.69, 9.17) is 1.37 Å². The molecule has 0 aromatic heterocycles. The van der Waals surface area contributed by atoms with E-state index in [1.165, 1.54) is 6.55 Å². The van der Waals surface area contributed by atoms with Gasteiger partial charge in [-0.2, -0.15) is 13.5 Å². The Morgan fingerprint density at radius 3 is 2.43 bits per heavy atom. The molecule has 0 saturated heterocycles. The fourth-order valence-corrected chi connectivity index (χ4v) is 2.54. The number of hydrogen-bond acceptors (Lipinski definition) is 3. The van der Waals surface area contributed by atoms with E-state index in [1.54, 1.807) is 24.3 Å². The van der Waals surface area contributed by atoms with Crippen LogP contribution < -0.4 is 4.83 Å². The van der Waals surface area contributed by atoms with Crippen LogP contribution in [0.4, 0.5) is 0 Å². The maximum atomic E-state index is 12.2. The second-order valence-corrected chi connectivity index (χ2v) is 6.61. The Kier molecular flexibility index (Phi) is 5.99. The van der Waals surface area contributed by atoms with Crippen LogP contribution in [-0.4, -0.2) is 14.1 Å². The molecular weight excluding hydrogens is 284 g/mol. The zero-order chi connectivity index (χ0) is 16.6. The fraction of sp³-hybridized carbons (Fsp3) is 0.438. The monoisotopic (exact) mass is 309 g/mol. The molecule has 0 unspecified atom stereocenters. The Hall–Kier alpha value is -1.62. The van der Waals surface area contributed by atoms with Gasteiger partial charge < -0.3 is 0 Å². The lowest BCUT2D eigenvalue weighted by molar-refractivity contribution is 0.584. The largest absolute Gasteiger partial charge is 0.276 e. The Bertz CT molecular complexity index is 635. The van der Waals surface area contributed by atoms with Gasteiger partial charge in [-0.25, -0.2) is 4.83 Å². The summed E-state index contributed by atoms with van der Waals surface area (Å²) < 4.78 is 31.6. The number of hydrogen-bond donors (Lipinski definition) is 1. The topological polar surface area (TPSA) is 58.5 Å². The average molecular weight is 309 g/mol. The first kappa shape index (κ1) is 15.8. The molecular formula is C16H24N2O2S. The summed E-state index contributed by atoms with van der Waals surface area (Å²) in [5.74, 6) is 0. The summed E-state index contributed by atoms with van der Waals surface area (Å²) in [5, 5.41) is 4.04. The van der Waals surface area contributed by atoms with Crippen molar-refractivity contribution < 1.29 is 9.79 Å². The van der Waals surface area contributed by atoms with Gasteiger partial charge in [0.1, 0.15) is 0 Å². The normalized spacial score (nSPS) is 14.0. The van der Waals surface area contributed by atoms with Gasteiger partial charge in [0.25, 0.3) is 10.0 Å². The molecule has 116 valence electrons. The summed E-state index contributed by atoms with van der Waals surface area (Å²) in [6.45, 7) is 7.21. The molecule has 0 radical (unpaired) electrons. The van der Waals surface area contributed by atoms with E-state index in [0.717, 1.165) is 29.7 Å². The second kappa shape index (κ2) is 7.98. The number of rotatable bonds is 8. The third-order valence-corrected chi connectivity index (χ3v) is 4.48. The van der Waals surface area contributed by atoms with Gasteiger partial charge in [-0.1, -0.05) is 43.7 Å². The molecule has 1 aromatic carbocycles. The standard InChI is InChI=1S/C16H24N2O2S/c1-5-13(3)7-10-15(6-2)17-18-21(19,20)16-11-8-14(4)9-12-16/h8-9,11-12,18H,3,5-7,10H2,1-2,4H3/b17-15-/i3D/b13-3?,17-15-. The van der Waals surface area contributed by atoms with Gasteiger partial charge in [0, 0.05) is 5.71 Å². The second-order valence-electron chi connectivity index (χ2n) is 4.95. The quantitative estimate of drug-likeness (QED) is 0.451. The van der Waals surface area contributed by atoms with Crippen LogP contribution in [0.5, 0.6) is 0 Å². The van der Waals surface area contributed by atoms with Crippen molar-refractivity contribution in [3.63, 3.8) is 0 Å². The molecule has 1 aromatic rings. The van der Waals surface area contributed by atoms with Crippen LogP contribution in [0.3, 0.4) is 0 Å². The molecule has 0 atom stereocenters. The van der Waals surface area contributed by atoms with Gasteiger partial charge in [-0.3, -0.25) is 0 Å². The van der Waals surface area contributed by atoms with E-state index >= 15 is 0 Å². The van der Waals surface area contributed by atoms with E-state index in [-0.39, 0.29) is 4.90 Å². The molecule has 1 N–H and O–H groups in total. The summed E-state index contributed by atoms with van der Waals surface area (Å²) in [7, 11) is -3.62. The highest BCUT2D eigenvalue weighted by Gasteiger charge is 2.12. The summed E-state index contributed by atoms with van der Waals surface area (Å²) in [6, 6.07) is 6.64. The molecule has 0 amide bonds. The van der Waals surface area contributed by atoms with Crippen molar-refractivity contribution in [2.45, 2.75) is 51.3 Å². The van der Waals surface area contributed by atoms with Crippen LogP contribution in [-0.2, 0) is 10.0 Å². The van der Waals surface area contributed by atoms with Gasteiger partial charge >= 0.3 is 0 Å². The molecule has 0 aliphatic rings. The maximum Gasteiger partial charge on any atom is 0.276 e. The molecule has 21 heavy (non-hydrogen) atoms. The number of aryl methyl sites for hydroxylation is 1. The number of nitrogens with zero attached hydrogens (tertiary/aromatic N) is 1. The lowest BCUT2D eigenvalue weighted by Gasteiger charge is -2.08. The van der Waals surface area contributed by atoms with Gasteiger partial charge in [-0.15, -0.1) is 0 Å². The van der Waals surface area contributed by atoms with Gasteiger partial charge in [0.15, 0.2) is 0 Å². The lowest BCUT2D eigenvalue weighted by atomic mass is 10.1. The molecule has 1 rings (SSSR count). The zero-order valence-electron chi connectivity index (χ0n) is 13.9. The van der Waals surface area contributed by atoms with E-state index in [9.17, 15) is 8.42 Å². The highest BCUT2D eigenvalue weighted by Crippen LogP contribution is 2.11. The van der Waals surface area contributed by atoms with Crippen LogP contribution in [0.15, 0.2) is 46.4 Å². The number of nitrogens with one attached hydrogen (secondary N) is 1. The number of benzene rings is 1. The van der Waals surface area contributed by atoms with Gasteiger partial charge in [-0.05, 0) is 44.7 Å². The molecule has 0 aliphatic heterocycles. The molecule has 0 aliphatic carbocycles. The predicted octanol–water partition coefficient (Wildman–Crippen LogP) is 3.79. The van der Waals surface area contributed by atoms with Crippen molar-refractivity contribution in [2.24, 2.45) is 5.10 Å². The van der Waals surface area contributed by atoms with Crippen LogP contribution in [0.25, 0.3) is 0 Å². The summed E-state index contributed by atoms with van der Waals surface area (Å²) in [5.41, 5.74) is 2.82. The molecule has 0 spiro atoms. The van der Waals surface area contributed by atoms with E-state index < -0.39 is 10.0 Å². The van der Waals surface area contributed by atoms with Crippen LogP contribution in [0.2, 0.25) is 0 Å². The molecule has 0 fully saturated rings. The van der Waals surface area contributed by atoms with Crippen molar-refractivity contribution >= 4 is 15.7 Å². The van der Waals surface area contributed by atoms with E-state index in [1.807, 2.05) is 20.8 Å². The first-order valence-corrected chi connectivity index (χ1v) is 8.61. The van der Waals surface area contributed by atoms with Gasteiger partial charge in [0.2, 0.25) is 0 Å². The number of sulfonamides is 1. The number of allylic oxidation sites excluding steroid dienone is 1. The van der Waals surface area contributed by atoms with Gasteiger partial charge in [0.05, 0.1) is 6.27 Å². The van der Waals surface area contributed by atoms with Crippen molar-refractivity contribution in [1.82, 2.24) is 4.83 Å². The molecule has 0 bridgehead atoms. The third-order valence-electron chi connectivity index (χ3n) is 3.25. The molecule has 0 heterocycles. The van der Waals surface area contributed by atoms with Crippen molar-refractivity contribution in [3.05, 3.63) is 42.0 Å². The zero-order valence-corrected chi connectivity index (χ0v) is 13.7. The first-order valence-electron chi connectivity index (χ1n) is 7.70. The predicted molar refractivity (Wildman–Crippen MR) is 87.9 cm³/mol. The molecule has 0 saturated carbocycles. The maximum absolute atomic E-state index is 12.2. The minimum atomic E-state index is -3.62. The first-order chi connectivity index (χ1) is 10.4. The fourth-order valence-electron chi connectivity index (χ4n) is 1.69. The number of hydrazone groups is 1. The lowest BCUT2D eigenvalue weighted by Crippen LogP contribution is -2.20. The summed E-state index contributed by atoms with van der Waals surface area (Å²) in [6.07, 6.45) is 2.89. The van der Waals surface area contributed by atoms with Crippen LogP contribution >= 0.6 is 0 Å². The summed E-state index contributed by atoms with van der Waals surface area (Å²) in [4.78, 5) is 2.51. The Balaban J connectivity index is 2.76. The highest BCUT2D eigenvalue weighted by molar-refractivity contribution is 7.89. The Labute approximate surface area is 129 Å². The summed E-state index contributed by atoms with van der Waals surface area (Å²) >= 11 is 0. The van der Waals surface area contributed by atoms with Crippen LogP contribution in [0.1, 0.15) is 46.5 Å². The van der Waals surface area contributed by atoms with Crippen LogP contribution in [0, 0.1) is 6.92 Å². The minimum Gasteiger partial charge on any atom is -0.200 e. The Morgan fingerprint density at radius 1 is 1.24 bits per heavy atom. The molecule has 4 nitrogen and oxygen atoms in total. The van der Waals surface area contributed by atoms with Crippen molar-refractivity contribution in [1.29, 1.82) is 0 Å². The van der Waals surface area contributed by atoms with Crippen molar-refractivity contribution in [2.75, 3.05) is 0 Å². The minimum absolute atomic E-state index is 0.206. The van der Waals surface area contributed by atoms with Crippen molar-refractivity contribution in [3.8, 4) is 0 Å². The molecule has 5 heteroatoms. The van der Waals surface area contributed by atoms with E-state index in [0.29, 0.717) is 12.8 Å². The Morgan fingerprint density at radius 2 is 1.90 bits per heavy atom.